The molecule has 5 heteroatoms. The molecule has 0 spiro atoms. The molecule has 0 aliphatic carbocycles. The molecule has 4 N–H and O–H groups in total. The summed E-state index contributed by atoms with van der Waals surface area (Å²) in [5, 5.41) is 3.45. The predicted octanol–water partition coefficient (Wildman–Crippen LogP) is 2.68. The van der Waals surface area contributed by atoms with Gasteiger partial charge in [0.1, 0.15) is 0 Å². The van der Waals surface area contributed by atoms with Crippen molar-refractivity contribution in [1.82, 2.24) is 4.98 Å². The zero-order valence-electron chi connectivity index (χ0n) is 12.7. The fourth-order valence-corrected chi connectivity index (χ4v) is 2.86. The normalized spacial score (nSPS) is 17.6. The number of para-hydroxylation sites is 1. The fourth-order valence-electron chi connectivity index (χ4n) is 2.86. The predicted molar refractivity (Wildman–Crippen MR) is 86.9 cm³/mol. The molecule has 22 heavy (non-hydrogen) atoms. The van der Waals surface area contributed by atoms with Crippen LogP contribution in [-0.2, 0) is 4.74 Å². The van der Waals surface area contributed by atoms with Gasteiger partial charge in [0, 0.05) is 35.8 Å². The maximum atomic E-state index is 11.4. The Hall–Kier alpha value is -2.27. The Bertz CT molecular complexity index is 672. The van der Waals surface area contributed by atoms with Crippen molar-refractivity contribution in [2.24, 2.45) is 5.73 Å². The number of aryl methyl sites for hydroxylation is 1. The third-order valence-electron chi connectivity index (χ3n) is 4.04. The van der Waals surface area contributed by atoms with Crippen molar-refractivity contribution in [3.05, 3.63) is 41.6 Å². The van der Waals surface area contributed by atoms with E-state index in [-0.39, 0.29) is 6.10 Å². The summed E-state index contributed by atoms with van der Waals surface area (Å²) in [6.45, 7) is 3.50. The Morgan fingerprint density at radius 3 is 2.95 bits per heavy atom. The molecule has 5 nitrogen and oxygen atoms in total. The molecule has 1 aliphatic rings. The zero-order valence-corrected chi connectivity index (χ0v) is 12.7. The molecule has 1 fully saturated rings. The highest BCUT2D eigenvalue weighted by Crippen LogP contribution is 2.29. The number of nitrogens with one attached hydrogen (secondary N) is 2. The van der Waals surface area contributed by atoms with Crippen LogP contribution in [0.4, 0.5) is 5.69 Å². The largest absolute Gasteiger partial charge is 0.382 e. The highest BCUT2D eigenvalue weighted by molar-refractivity contribution is 5.96. The van der Waals surface area contributed by atoms with Gasteiger partial charge in [0.2, 0.25) is 0 Å². The smallest absolute Gasteiger partial charge is 0.250 e. The second-order valence-corrected chi connectivity index (χ2v) is 5.65. The van der Waals surface area contributed by atoms with Crippen LogP contribution in [0.1, 0.15) is 28.9 Å². The lowest BCUT2D eigenvalue weighted by Gasteiger charge is -2.14. The van der Waals surface area contributed by atoms with Crippen LogP contribution in [0.25, 0.3) is 11.3 Å². The summed E-state index contributed by atoms with van der Waals surface area (Å²) in [5.41, 5.74) is 9.65. The van der Waals surface area contributed by atoms with Crippen LogP contribution >= 0.6 is 0 Å². The first-order valence-corrected chi connectivity index (χ1v) is 7.59. The number of ether oxygens (including phenoxy) is 1. The molecule has 1 aromatic carbocycles. The number of H-pyrrole nitrogens is 1. The number of anilines is 1. The van der Waals surface area contributed by atoms with Gasteiger partial charge in [-0.3, -0.25) is 4.79 Å². The number of carbonyl (C=O) groups excluding carboxylic acids is 1. The van der Waals surface area contributed by atoms with Crippen molar-refractivity contribution in [3.8, 4) is 11.3 Å². The van der Waals surface area contributed by atoms with E-state index < -0.39 is 5.91 Å². The van der Waals surface area contributed by atoms with Crippen LogP contribution in [0.3, 0.4) is 0 Å². The number of aromatic amines is 1. The number of hydrogen-bond acceptors (Lipinski definition) is 3. The van der Waals surface area contributed by atoms with E-state index in [1.807, 2.05) is 37.3 Å². The molecular weight excluding hydrogens is 278 g/mol. The van der Waals surface area contributed by atoms with Crippen molar-refractivity contribution < 1.29 is 9.53 Å². The average molecular weight is 299 g/mol. The van der Waals surface area contributed by atoms with Crippen LogP contribution in [0.15, 0.2) is 30.3 Å². The Labute approximate surface area is 129 Å². The lowest BCUT2D eigenvalue weighted by atomic mass is 10.1. The molecule has 0 bridgehead atoms. The first-order valence-electron chi connectivity index (χ1n) is 7.59. The van der Waals surface area contributed by atoms with Crippen molar-refractivity contribution in [3.63, 3.8) is 0 Å². The molecule has 1 saturated heterocycles. The molecule has 1 aliphatic heterocycles. The summed E-state index contributed by atoms with van der Waals surface area (Å²) in [4.78, 5) is 14.7. The number of carbonyl (C=O) groups is 1. The first kappa shape index (κ1) is 14.7. The Kier molecular flexibility index (Phi) is 4.15. The first-order chi connectivity index (χ1) is 10.6. The lowest BCUT2D eigenvalue weighted by molar-refractivity contribution is 0.1000. The summed E-state index contributed by atoms with van der Waals surface area (Å²) < 4.78 is 5.64. The van der Waals surface area contributed by atoms with E-state index in [9.17, 15) is 4.79 Å². The molecule has 116 valence electrons. The van der Waals surface area contributed by atoms with Crippen molar-refractivity contribution >= 4 is 11.6 Å². The molecule has 3 rings (SSSR count). The zero-order chi connectivity index (χ0) is 15.5. The maximum absolute atomic E-state index is 11.4. The van der Waals surface area contributed by atoms with Crippen LogP contribution in [0.2, 0.25) is 0 Å². The van der Waals surface area contributed by atoms with E-state index in [1.165, 1.54) is 0 Å². The maximum Gasteiger partial charge on any atom is 0.250 e. The number of rotatable bonds is 5. The van der Waals surface area contributed by atoms with Gasteiger partial charge in [-0.15, -0.1) is 0 Å². The van der Waals surface area contributed by atoms with E-state index >= 15 is 0 Å². The molecule has 2 heterocycles. The van der Waals surface area contributed by atoms with Gasteiger partial charge in [0.15, 0.2) is 0 Å². The minimum atomic E-state index is -0.412. The topological polar surface area (TPSA) is 80.1 Å². The van der Waals surface area contributed by atoms with E-state index in [0.29, 0.717) is 5.56 Å². The molecule has 2 aromatic rings. The number of benzene rings is 1. The fraction of sp³-hybridized carbons (Fsp3) is 0.353. The number of hydrogen-bond donors (Lipinski definition) is 3. The third kappa shape index (κ3) is 2.99. The Morgan fingerprint density at radius 1 is 1.45 bits per heavy atom. The monoisotopic (exact) mass is 299 g/mol. The standard InChI is InChI=1S/C17H21N3O2/c1-11-14(17(18)21)9-16(20-11)13-6-2-3-7-15(13)19-10-12-5-4-8-22-12/h2-3,6-7,9,12,19-20H,4-5,8,10H2,1H3,(H2,18,21). The van der Waals surface area contributed by atoms with E-state index in [2.05, 4.69) is 10.3 Å². The van der Waals surface area contributed by atoms with E-state index in [4.69, 9.17) is 10.5 Å². The van der Waals surface area contributed by atoms with Gasteiger partial charge in [-0.2, -0.15) is 0 Å². The lowest BCUT2D eigenvalue weighted by Crippen LogP contribution is -2.18. The van der Waals surface area contributed by atoms with Crippen LogP contribution < -0.4 is 11.1 Å². The highest BCUT2D eigenvalue weighted by atomic mass is 16.5. The van der Waals surface area contributed by atoms with Crippen molar-refractivity contribution in [2.75, 3.05) is 18.5 Å². The second kappa shape index (κ2) is 6.23. The van der Waals surface area contributed by atoms with Crippen LogP contribution in [-0.4, -0.2) is 30.1 Å². The van der Waals surface area contributed by atoms with Gasteiger partial charge in [0.25, 0.3) is 5.91 Å². The minimum absolute atomic E-state index is 0.277. The summed E-state index contributed by atoms with van der Waals surface area (Å²) in [6, 6.07) is 9.83. The number of aromatic nitrogens is 1. The summed E-state index contributed by atoms with van der Waals surface area (Å²) in [7, 11) is 0. The van der Waals surface area contributed by atoms with Crippen molar-refractivity contribution in [1.29, 1.82) is 0 Å². The summed E-state index contributed by atoms with van der Waals surface area (Å²) in [6.07, 6.45) is 2.51. The van der Waals surface area contributed by atoms with Gasteiger partial charge < -0.3 is 20.8 Å². The Balaban J connectivity index is 1.84. The molecule has 1 amide bonds. The molecular formula is C17H21N3O2. The number of amides is 1. The van der Waals surface area contributed by atoms with Gasteiger partial charge in [-0.1, -0.05) is 18.2 Å². The number of primary amides is 1. The average Bonchev–Trinajstić information content (AvgIpc) is 3.14. The highest BCUT2D eigenvalue weighted by Gasteiger charge is 2.17. The minimum Gasteiger partial charge on any atom is -0.382 e. The van der Waals surface area contributed by atoms with E-state index in [0.717, 1.165) is 48.6 Å². The molecule has 1 aromatic heterocycles. The molecule has 1 atom stereocenters. The van der Waals surface area contributed by atoms with E-state index in [1.54, 1.807) is 0 Å². The van der Waals surface area contributed by atoms with Crippen molar-refractivity contribution in [2.45, 2.75) is 25.9 Å². The van der Waals surface area contributed by atoms with Gasteiger partial charge in [-0.25, -0.2) is 0 Å². The van der Waals surface area contributed by atoms with Crippen LogP contribution in [0.5, 0.6) is 0 Å². The SMILES string of the molecule is Cc1[nH]c(-c2ccccc2NCC2CCCO2)cc1C(N)=O. The summed E-state index contributed by atoms with van der Waals surface area (Å²) in [5.74, 6) is -0.412. The van der Waals surface area contributed by atoms with Crippen LogP contribution in [0, 0.1) is 6.92 Å². The number of nitrogens with two attached hydrogens (primary N) is 1. The van der Waals surface area contributed by atoms with Gasteiger partial charge in [0.05, 0.1) is 11.7 Å². The van der Waals surface area contributed by atoms with Gasteiger partial charge in [-0.05, 0) is 31.9 Å². The molecule has 1 unspecified atom stereocenters. The molecule has 0 saturated carbocycles. The summed E-state index contributed by atoms with van der Waals surface area (Å²) >= 11 is 0. The second-order valence-electron chi connectivity index (χ2n) is 5.65. The molecule has 0 radical (unpaired) electrons. The third-order valence-corrected chi connectivity index (χ3v) is 4.04. The Morgan fingerprint density at radius 2 is 2.27 bits per heavy atom. The van der Waals surface area contributed by atoms with Gasteiger partial charge >= 0.3 is 0 Å². The quantitative estimate of drug-likeness (QED) is 0.794.